The Kier molecular flexibility index (Phi) is 13.8. The van der Waals surface area contributed by atoms with Crippen molar-refractivity contribution in [2.24, 2.45) is 0 Å². The molecule has 1 aliphatic rings. The zero-order valence-electron chi connectivity index (χ0n) is 44.3. The monoisotopic (exact) mass is 1180 g/mol. The summed E-state index contributed by atoms with van der Waals surface area (Å²) in [5.74, 6) is 2.06. The minimum atomic E-state index is -0.277. The molecule has 0 unspecified atom stereocenters. The maximum Gasteiger partial charge on any atom is 0.135 e. The number of para-hydroxylation sites is 4. The first kappa shape index (κ1) is 51.1. The molecule has 0 bridgehead atoms. The number of hydrogen-bond donors (Lipinski definition) is 0. The van der Waals surface area contributed by atoms with Crippen LogP contribution >= 0.6 is 0 Å². The predicted octanol–water partition coefficient (Wildman–Crippen LogP) is 19.3. The molecule has 3 heterocycles. The van der Waals surface area contributed by atoms with E-state index in [1.165, 1.54) is 45.5 Å². The minimum absolute atomic E-state index is 0. The summed E-state index contributed by atoms with van der Waals surface area (Å²) in [6.45, 7) is 18.0. The molecule has 9 aromatic carbocycles. The molecular weight excluding hydrogens is 1130 g/mol. The van der Waals surface area contributed by atoms with Crippen molar-refractivity contribution in [3.63, 3.8) is 0 Å². The normalized spacial score (nSPS) is 12.4. The van der Waals surface area contributed by atoms with Crippen molar-refractivity contribution < 1.29 is 30.2 Å². The molecule has 2 aromatic heterocycles. The van der Waals surface area contributed by atoms with Gasteiger partial charge in [-0.1, -0.05) is 187 Å². The van der Waals surface area contributed by atoms with E-state index in [0.717, 1.165) is 78.2 Å². The van der Waals surface area contributed by atoms with Gasteiger partial charge in [-0.05, 0) is 110 Å². The second-order valence-corrected chi connectivity index (χ2v) is 21.4. The Labute approximate surface area is 466 Å². The van der Waals surface area contributed by atoms with Crippen LogP contribution in [0.1, 0.15) is 77.0 Å². The summed E-state index contributed by atoms with van der Waals surface area (Å²) in [6.07, 6.45) is 1.90. The van der Waals surface area contributed by atoms with E-state index in [0.29, 0.717) is 11.5 Å². The molecule has 0 spiro atoms. The Morgan fingerprint density at radius 1 is 0.532 bits per heavy atom. The van der Waals surface area contributed by atoms with Gasteiger partial charge >= 0.3 is 0 Å². The molecule has 0 saturated carbocycles. The Bertz CT molecular complexity index is 3920. The summed E-state index contributed by atoms with van der Waals surface area (Å²) in [4.78, 5) is 9.44. The zero-order chi connectivity index (χ0) is 52.2. The number of pyridine rings is 1. The van der Waals surface area contributed by atoms with E-state index >= 15 is 0 Å². The fourth-order valence-corrected chi connectivity index (χ4v) is 10.9. The topological polar surface area (TPSA) is 33.5 Å². The van der Waals surface area contributed by atoms with E-state index in [-0.39, 0.29) is 44.1 Å². The number of ether oxygens (including phenoxy) is 1. The molecule has 0 saturated heterocycles. The van der Waals surface area contributed by atoms with Crippen LogP contribution < -0.4 is 14.5 Å². The molecule has 0 fully saturated rings. The maximum absolute atomic E-state index is 14.6. The molecule has 5 nitrogen and oxygen atoms in total. The van der Waals surface area contributed by atoms with E-state index in [1.807, 2.05) is 30.5 Å². The standard InChI is InChI=1S/C70H58FN4O.Pt/c1-45(2)61-39-50(47-19-10-8-11-20-47)40-62(46(3)4)68(61)51-37-54(42-56(38-51)76-55-33-34-60-59-23-14-15-26-63(59)75(66(60)43-55)67-41-52(35-36-72-67)70(5,6)7)73-44-74(65-28-17-16-27-64(65)73)69-57(48-21-12-9-13-22-48)24-18-25-58(69)49-29-31-53(71)32-30-49;/h8-41,44-46H,1-7H3;/q-3;. The molecule has 0 radical (unpaired) electrons. The quantitative estimate of drug-likeness (QED) is 0.121. The van der Waals surface area contributed by atoms with Crippen LogP contribution in [0, 0.1) is 24.6 Å². The molecule has 0 aliphatic carbocycles. The molecular formula is C70H58FN4OPt-3. The van der Waals surface area contributed by atoms with Crippen LogP contribution in [0.2, 0.25) is 0 Å². The van der Waals surface area contributed by atoms with Crippen LogP contribution in [-0.2, 0) is 26.5 Å². The van der Waals surface area contributed by atoms with Crippen molar-refractivity contribution >= 4 is 44.6 Å². The average Bonchev–Trinajstić information content (AvgIpc) is 4.12. The van der Waals surface area contributed by atoms with Gasteiger partial charge < -0.3 is 19.1 Å². The van der Waals surface area contributed by atoms with E-state index in [2.05, 4.69) is 245 Å². The Hall–Kier alpha value is -8.05. The summed E-state index contributed by atoms with van der Waals surface area (Å²) >= 11 is 0. The third-order valence-electron chi connectivity index (χ3n) is 14.7. The number of fused-ring (bicyclic) bond motifs is 4. The summed E-state index contributed by atoms with van der Waals surface area (Å²) < 4.78 is 23.9. The summed E-state index contributed by atoms with van der Waals surface area (Å²) in [7, 11) is 0. The SMILES string of the molecule is CC(C)c1cc(-c2ccccc2)cc(C(C)C)c1-c1cc(Oc2[c-]c3c(cc2)c2ccccc2n3-c2cc(C(C)(C)C)ccn2)[c-]c(N2[CH-]N(c3c(-c4ccccc4)cccc3-c3ccc(F)cc3)c3ccccc32)c1.[Pt]. The molecule has 11 aromatic rings. The molecule has 77 heavy (non-hydrogen) atoms. The Morgan fingerprint density at radius 2 is 1.14 bits per heavy atom. The van der Waals surface area contributed by atoms with Crippen molar-refractivity contribution in [1.29, 1.82) is 0 Å². The Balaban J connectivity index is 0.00000631. The third kappa shape index (κ3) is 9.66. The molecule has 0 N–H and O–H groups in total. The number of nitrogens with zero attached hydrogens (tertiary/aromatic N) is 4. The predicted molar refractivity (Wildman–Crippen MR) is 313 cm³/mol. The van der Waals surface area contributed by atoms with Gasteiger partial charge in [-0.2, -0.15) is 6.07 Å². The molecule has 7 heteroatoms. The van der Waals surface area contributed by atoms with Gasteiger partial charge in [0.1, 0.15) is 11.6 Å². The van der Waals surface area contributed by atoms with Crippen LogP contribution in [0.3, 0.4) is 0 Å². The van der Waals surface area contributed by atoms with Gasteiger partial charge in [-0.25, -0.2) is 9.37 Å². The molecule has 384 valence electrons. The van der Waals surface area contributed by atoms with Crippen molar-refractivity contribution in [2.45, 2.75) is 65.7 Å². The molecule has 12 rings (SSSR count). The van der Waals surface area contributed by atoms with Crippen molar-refractivity contribution in [3.05, 3.63) is 248 Å². The molecule has 0 amide bonds. The van der Waals surface area contributed by atoms with Crippen molar-refractivity contribution in [2.75, 3.05) is 9.80 Å². The van der Waals surface area contributed by atoms with Crippen LogP contribution in [0.15, 0.2) is 206 Å². The Morgan fingerprint density at radius 3 is 1.81 bits per heavy atom. The fraction of sp³-hybridized carbons (Fsp3) is 0.143. The number of halogens is 1. The van der Waals surface area contributed by atoms with Crippen LogP contribution in [0.5, 0.6) is 11.5 Å². The summed E-state index contributed by atoms with van der Waals surface area (Å²) in [5.41, 5.74) is 17.9. The van der Waals surface area contributed by atoms with Crippen molar-refractivity contribution in [3.8, 4) is 61.8 Å². The minimum Gasteiger partial charge on any atom is -0.509 e. The number of hydrogen-bond acceptors (Lipinski definition) is 4. The van der Waals surface area contributed by atoms with E-state index in [4.69, 9.17) is 9.72 Å². The van der Waals surface area contributed by atoms with Crippen LogP contribution in [-0.4, -0.2) is 9.55 Å². The first-order valence-corrected chi connectivity index (χ1v) is 26.3. The first-order valence-electron chi connectivity index (χ1n) is 26.3. The van der Waals surface area contributed by atoms with Gasteiger partial charge in [-0.15, -0.1) is 53.6 Å². The first-order chi connectivity index (χ1) is 36.9. The summed E-state index contributed by atoms with van der Waals surface area (Å²) in [5, 5.41) is 2.18. The number of anilines is 4. The number of rotatable bonds is 11. The van der Waals surface area contributed by atoms with E-state index < -0.39 is 0 Å². The fourth-order valence-electron chi connectivity index (χ4n) is 10.9. The molecule has 0 atom stereocenters. The molecule has 1 aliphatic heterocycles. The second kappa shape index (κ2) is 20.8. The van der Waals surface area contributed by atoms with Gasteiger partial charge in [-0.3, -0.25) is 0 Å². The summed E-state index contributed by atoms with van der Waals surface area (Å²) in [6, 6.07) is 76.4. The van der Waals surface area contributed by atoms with Gasteiger partial charge in [0.15, 0.2) is 0 Å². The number of benzene rings is 9. The van der Waals surface area contributed by atoms with Crippen LogP contribution in [0.25, 0.3) is 72.1 Å². The zero-order valence-corrected chi connectivity index (χ0v) is 46.5. The third-order valence-corrected chi connectivity index (χ3v) is 14.7. The van der Waals surface area contributed by atoms with Gasteiger partial charge in [0, 0.05) is 72.5 Å². The van der Waals surface area contributed by atoms with Crippen LogP contribution in [0.4, 0.5) is 27.1 Å². The van der Waals surface area contributed by atoms with Gasteiger partial charge in [0.25, 0.3) is 0 Å². The van der Waals surface area contributed by atoms with Gasteiger partial charge in [0.05, 0.1) is 0 Å². The average molecular weight is 1190 g/mol. The van der Waals surface area contributed by atoms with Crippen molar-refractivity contribution in [1.82, 2.24) is 9.55 Å². The largest absolute Gasteiger partial charge is 0.509 e. The number of aromatic nitrogens is 2. The van der Waals surface area contributed by atoms with E-state index in [9.17, 15) is 4.39 Å². The van der Waals surface area contributed by atoms with E-state index in [1.54, 1.807) is 0 Å². The second-order valence-electron chi connectivity index (χ2n) is 21.4. The van der Waals surface area contributed by atoms with Gasteiger partial charge in [0.2, 0.25) is 0 Å². The smallest absolute Gasteiger partial charge is 0.135 e. The maximum atomic E-state index is 14.6.